The van der Waals surface area contributed by atoms with E-state index < -0.39 is 0 Å². The highest BCUT2D eigenvalue weighted by Gasteiger charge is 2.13. The molecular formula is C18H20N4O2S. The van der Waals surface area contributed by atoms with E-state index in [-0.39, 0.29) is 12.5 Å². The van der Waals surface area contributed by atoms with E-state index in [4.69, 9.17) is 4.74 Å². The van der Waals surface area contributed by atoms with Crippen LogP contribution in [0.15, 0.2) is 36.0 Å². The number of ether oxygens (including phenoxy) is 1. The molecule has 25 heavy (non-hydrogen) atoms. The number of aromatic nitrogens is 3. The SMILES string of the molecule is CCOc1ccc(C)cc1-c1csc(NC(=O)Cn2cc(C)cn2)n1. The number of amides is 1. The summed E-state index contributed by atoms with van der Waals surface area (Å²) in [5.74, 6) is 0.640. The number of carbonyl (C=O) groups is 1. The number of hydrogen-bond donors (Lipinski definition) is 1. The average molecular weight is 356 g/mol. The fourth-order valence-corrected chi connectivity index (χ4v) is 3.17. The molecule has 0 aliphatic carbocycles. The topological polar surface area (TPSA) is 69.0 Å². The van der Waals surface area contributed by atoms with Crippen LogP contribution in [0.5, 0.6) is 5.75 Å². The molecule has 2 heterocycles. The van der Waals surface area contributed by atoms with Crippen LogP contribution in [-0.4, -0.2) is 27.3 Å². The maximum atomic E-state index is 12.1. The molecule has 3 rings (SSSR count). The first-order valence-electron chi connectivity index (χ1n) is 8.03. The lowest BCUT2D eigenvalue weighted by atomic mass is 10.1. The summed E-state index contributed by atoms with van der Waals surface area (Å²) >= 11 is 1.39. The lowest BCUT2D eigenvalue weighted by molar-refractivity contribution is -0.116. The Morgan fingerprint density at radius 3 is 2.88 bits per heavy atom. The molecule has 0 saturated heterocycles. The molecule has 6 nitrogen and oxygen atoms in total. The number of nitrogens with zero attached hydrogens (tertiary/aromatic N) is 3. The summed E-state index contributed by atoms with van der Waals surface area (Å²) in [4.78, 5) is 16.7. The van der Waals surface area contributed by atoms with Crippen molar-refractivity contribution < 1.29 is 9.53 Å². The molecule has 3 aromatic rings. The zero-order valence-electron chi connectivity index (χ0n) is 14.4. The molecule has 7 heteroatoms. The molecule has 0 unspecified atom stereocenters. The number of carbonyl (C=O) groups excluding carboxylic acids is 1. The summed E-state index contributed by atoms with van der Waals surface area (Å²) in [6.45, 7) is 6.67. The Morgan fingerprint density at radius 1 is 1.32 bits per heavy atom. The first-order valence-corrected chi connectivity index (χ1v) is 8.91. The molecule has 1 amide bonds. The zero-order chi connectivity index (χ0) is 17.8. The van der Waals surface area contributed by atoms with Gasteiger partial charge in [0, 0.05) is 17.1 Å². The van der Waals surface area contributed by atoms with Crippen molar-refractivity contribution in [2.24, 2.45) is 0 Å². The molecule has 0 bridgehead atoms. The molecular weight excluding hydrogens is 336 g/mol. The van der Waals surface area contributed by atoms with Gasteiger partial charge in [0.25, 0.3) is 0 Å². The van der Waals surface area contributed by atoms with Gasteiger partial charge < -0.3 is 10.1 Å². The van der Waals surface area contributed by atoms with E-state index in [9.17, 15) is 4.79 Å². The van der Waals surface area contributed by atoms with Gasteiger partial charge >= 0.3 is 0 Å². The summed E-state index contributed by atoms with van der Waals surface area (Å²) in [7, 11) is 0. The Bertz CT molecular complexity index is 885. The highest BCUT2D eigenvalue weighted by molar-refractivity contribution is 7.14. The molecule has 0 fully saturated rings. The van der Waals surface area contributed by atoms with Gasteiger partial charge in [0.1, 0.15) is 12.3 Å². The quantitative estimate of drug-likeness (QED) is 0.732. The van der Waals surface area contributed by atoms with Crippen LogP contribution >= 0.6 is 11.3 Å². The van der Waals surface area contributed by atoms with Crippen molar-refractivity contribution in [2.45, 2.75) is 27.3 Å². The van der Waals surface area contributed by atoms with Crippen LogP contribution in [0.3, 0.4) is 0 Å². The molecule has 1 aromatic carbocycles. The smallest absolute Gasteiger partial charge is 0.247 e. The van der Waals surface area contributed by atoms with Crippen molar-refractivity contribution in [1.82, 2.24) is 14.8 Å². The third kappa shape index (κ3) is 4.24. The van der Waals surface area contributed by atoms with Crippen LogP contribution in [-0.2, 0) is 11.3 Å². The number of hydrogen-bond acceptors (Lipinski definition) is 5. The molecule has 0 spiro atoms. The third-order valence-corrected chi connectivity index (χ3v) is 4.29. The number of aryl methyl sites for hydroxylation is 2. The van der Waals surface area contributed by atoms with Crippen molar-refractivity contribution in [2.75, 3.05) is 11.9 Å². The molecule has 2 aromatic heterocycles. The molecule has 0 aliphatic rings. The van der Waals surface area contributed by atoms with Crippen LogP contribution in [0.25, 0.3) is 11.3 Å². The van der Waals surface area contributed by atoms with Gasteiger partial charge in [-0.1, -0.05) is 11.6 Å². The number of thiazole rings is 1. The Hall–Kier alpha value is -2.67. The highest BCUT2D eigenvalue weighted by atomic mass is 32.1. The van der Waals surface area contributed by atoms with Crippen LogP contribution in [0.1, 0.15) is 18.1 Å². The number of benzene rings is 1. The van der Waals surface area contributed by atoms with E-state index in [1.165, 1.54) is 11.3 Å². The van der Waals surface area contributed by atoms with E-state index in [2.05, 4.69) is 15.4 Å². The summed E-state index contributed by atoms with van der Waals surface area (Å²) in [6.07, 6.45) is 3.55. The minimum absolute atomic E-state index is 0.154. The van der Waals surface area contributed by atoms with E-state index in [1.807, 2.05) is 50.5 Å². The second kappa shape index (κ2) is 7.48. The van der Waals surface area contributed by atoms with Crippen molar-refractivity contribution in [3.8, 4) is 17.0 Å². The van der Waals surface area contributed by atoms with E-state index in [0.29, 0.717) is 11.7 Å². The molecule has 0 aliphatic heterocycles. The van der Waals surface area contributed by atoms with Gasteiger partial charge in [-0.05, 0) is 38.5 Å². The molecule has 1 N–H and O–H groups in total. The van der Waals surface area contributed by atoms with Crippen LogP contribution in [0.4, 0.5) is 5.13 Å². The van der Waals surface area contributed by atoms with Gasteiger partial charge in [-0.2, -0.15) is 5.10 Å². The Kier molecular flexibility index (Phi) is 5.14. The lowest BCUT2D eigenvalue weighted by Crippen LogP contribution is -2.18. The average Bonchev–Trinajstić information content (AvgIpc) is 3.18. The first kappa shape index (κ1) is 17.2. The van der Waals surface area contributed by atoms with Gasteiger partial charge in [-0.15, -0.1) is 11.3 Å². The van der Waals surface area contributed by atoms with Gasteiger partial charge in [-0.3, -0.25) is 9.48 Å². The first-order chi connectivity index (χ1) is 12.0. The zero-order valence-corrected chi connectivity index (χ0v) is 15.3. The largest absolute Gasteiger partial charge is 0.493 e. The number of anilines is 1. The van der Waals surface area contributed by atoms with Crippen molar-refractivity contribution in [3.05, 3.63) is 47.1 Å². The van der Waals surface area contributed by atoms with E-state index in [1.54, 1.807) is 10.9 Å². The van der Waals surface area contributed by atoms with Gasteiger partial charge in [0.15, 0.2) is 5.13 Å². The summed E-state index contributed by atoms with van der Waals surface area (Å²) in [6, 6.07) is 6.00. The maximum Gasteiger partial charge on any atom is 0.247 e. The standard InChI is InChI=1S/C18H20N4O2S/c1-4-24-16-6-5-12(2)7-14(16)15-11-25-18(20-15)21-17(23)10-22-9-13(3)8-19-22/h5-9,11H,4,10H2,1-3H3,(H,20,21,23). The van der Waals surface area contributed by atoms with E-state index in [0.717, 1.165) is 28.1 Å². The Morgan fingerprint density at radius 2 is 2.16 bits per heavy atom. The minimum Gasteiger partial charge on any atom is -0.493 e. The number of nitrogens with one attached hydrogen (secondary N) is 1. The molecule has 0 atom stereocenters. The summed E-state index contributed by atoms with van der Waals surface area (Å²) in [5.41, 5.74) is 3.88. The minimum atomic E-state index is -0.154. The van der Waals surface area contributed by atoms with Gasteiger partial charge in [-0.25, -0.2) is 4.98 Å². The molecule has 0 saturated carbocycles. The summed E-state index contributed by atoms with van der Waals surface area (Å²) < 4.78 is 7.29. The fourth-order valence-electron chi connectivity index (χ4n) is 2.44. The lowest BCUT2D eigenvalue weighted by Gasteiger charge is -2.09. The predicted octanol–water partition coefficient (Wildman–Crippen LogP) is 3.66. The van der Waals surface area contributed by atoms with Crippen LogP contribution < -0.4 is 10.1 Å². The normalized spacial score (nSPS) is 10.7. The Labute approximate surface area is 150 Å². The monoisotopic (exact) mass is 356 g/mol. The van der Waals surface area contributed by atoms with Crippen molar-refractivity contribution >= 4 is 22.4 Å². The number of rotatable bonds is 6. The highest BCUT2D eigenvalue weighted by Crippen LogP contribution is 2.33. The second-order valence-corrected chi connectivity index (χ2v) is 6.59. The van der Waals surface area contributed by atoms with Crippen molar-refractivity contribution in [1.29, 1.82) is 0 Å². The maximum absolute atomic E-state index is 12.1. The Balaban J connectivity index is 1.74. The third-order valence-electron chi connectivity index (χ3n) is 3.53. The van der Waals surface area contributed by atoms with E-state index >= 15 is 0 Å². The summed E-state index contributed by atoms with van der Waals surface area (Å²) in [5, 5.41) is 9.42. The van der Waals surface area contributed by atoms with Gasteiger partial charge in [0.2, 0.25) is 5.91 Å². The molecule has 130 valence electrons. The van der Waals surface area contributed by atoms with Crippen LogP contribution in [0.2, 0.25) is 0 Å². The molecule has 0 radical (unpaired) electrons. The fraction of sp³-hybridized carbons (Fsp3) is 0.278. The second-order valence-electron chi connectivity index (χ2n) is 5.73. The van der Waals surface area contributed by atoms with Gasteiger partial charge in [0.05, 0.1) is 18.5 Å². The van der Waals surface area contributed by atoms with Crippen LogP contribution in [0, 0.1) is 13.8 Å². The predicted molar refractivity (Wildman–Crippen MR) is 99.0 cm³/mol. The van der Waals surface area contributed by atoms with Crippen molar-refractivity contribution in [3.63, 3.8) is 0 Å².